The van der Waals surface area contributed by atoms with Crippen molar-refractivity contribution in [3.8, 4) is 6.07 Å². The summed E-state index contributed by atoms with van der Waals surface area (Å²) in [6.45, 7) is 5.33. The SMILES string of the molecule is Cc1ccc(CN2CC[C@H](Nc3ccc(C#N)c(Cl)c3)C2)s1. The van der Waals surface area contributed by atoms with Gasteiger partial charge in [0.2, 0.25) is 0 Å². The third-order valence-corrected chi connectivity index (χ3v) is 5.21. The molecule has 2 aromatic rings. The number of aryl methyl sites for hydroxylation is 1. The highest BCUT2D eigenvalue weighted by molar-refractivity contribution is 7.11. The molecule has 1 N–H and O–H groups in total. The van der Waals surface area contributed by atoms with Gasteiger partial charge < -0.3 is 5.32 Å². The molecule has 22 heavy (non-hydrogen) atoms. The van der Waals surface area contributed by atoms with Gasteiger partial charge in [0.05, 0.1) is 10.6 Å². The predicted octanol–water partition coefficient (Wildman–Crippen LogP) is 4.27. The van der Waals surface area contributed by atoms with Crippen molar-refractivity contribution in [3.05, 3.63) is 50.7 Å². The smallest absolute Gasteiger partial charge is 0.101 e. The number of nitrogens with zero attached hydrogens (tertiary/aromatic N) is 2. The lowest BCUT2D eigenvalue weighted by Crippen LogP contribution is -2.25. The van der Waals surface area contributed by atoms with Crippen molar-refractivity contribution in [2.24, 2.45) is 0 Å². The van der Waals surface area contributed by atoms with Crippen LogP contribution in [0.1, 0.15) is 21.7 Å². The summed E-state index contributed by atoms with van der Waals surface area (Å²) in [5.74, 6) is 0. The first-order valence-electron chi connectivity index (χ1n) is 7.38. The van der Waals surface area contributed by atoms with E-state index in [1.54, 1.807) is 6.07 Å². The van der Waals surface area contributed by atoms with Gasteiger partial charge in [-0.2, -0.15) is 5.26 Å². The summed E-state index contributed by atoms with van der Waals surface area (Å²) in [4.78, 5) is 5.28. The van der Waals surface area contributed by atoms with Crippen LogP contribution in [0.3, 0.4) is 0 Å². The summed E-state index contributed by atoms with van der Waals surface area (Å²) in [6, 6.07) is 12.5. The fourth-order valence-electron chi connectivity index (χ4n) is 2.82. The third kappa shape index (κ3) is 3.61. The molecule has 1 aliphatic rings. The molecule has 0 spiro atoms. The lowest BCUT2D eigenvalue weighted by atomic mass is 10.2. The molecule has 0 amide bonds. The van der Waals surface area contributed by atoms with Crippen LogP contribution in [0.15, 0.2) is 30.3 Å². The number of thiophene rings is 1. The quantitative estimate of drug-likeness (QED) is 0.909. The summed E-state index contributed by atoms with van der Waals surface area (Å²) in [7, 11) is 0. The van der Waals surface area contributed by atoms with Crippen molar-refractivity contribution < 1.29 is 0 Å². The zero-order chi connectivity index (χ0) is 15.5. The average Bonchev–Trinajstić information content (AvgIpc) is 3.09. The number of nitriles is 1. The number of nitrogens with one attached hydrogen (secondary N) is 1. The fourth-order valence-corrected chi connectivity index (χ4v) is 3.97. The molecular formula is C17H18ClN3S. The van der Waals surface area contributed by atoms with Gasteiger partial charge in [-0.3, -0.25) is 4.90 Å². The van der Waals surface area contributed by atoms with E-state index in [0.717, 1.165) is 31.7 Å². The Labute approximate surface area is 140 Å². The molecule has 1 atom stereocenters. The van der Waals surface area contributed by atoms with Crippen LogP contribution in [0.5, 0.6) is 0 Å². The van der Waals surface area contributed by atoms with E-state index in [2.05, 4.69) is 35.3 Å². The van der Waals surface area contributed by atoms with Crippen molar-refractivity contribution in [2.45, 2.75) is 25.9 Å². The Morgan fingerprint density at radius 3 is 2.95 bits per heavy atom. The molecule has 1 aromatic carbocycles. The van der Waals surface area contributed by atoms with E-state index >= 15 is 0 Å². The maximum absolute atomic E-state index is 8.91. The van der Waals surface area contributed by atoms with Gasteiger partial charge >= 0.3 is 0 Å². The summed E-state index contributed by atoms with van der Waals surface area (Å²) in [5.41, 5.74) is 1.51. The lowest BCUT2D eigenvalue weighted by Gasteiger charge is -2.17. The molecular weight excluding hydrogens is 314 g/mol. The van der Waals surface area contributed by atoms with Crippen molar-refractivity contribution in [1.82, 2.24) is 4.90 Å². The van der Waals surface area contributed by atoms with Crippen LogP contribution in [0.4, 0.5) is 5.69 Å². The Kier molecular flexibility index (Phi) is 4.68. The fraction of sp³-hybridized carbons (Fsp3) is 0.353. The summed E-state index contributed by atoms with van der Waals surface area (Å²) in [6.07, 6.45) is 1.13. The third-order valence-electron chi connectivity index (χ3n) is 3.91. The van der Waals surface area contributed by atoms with E-state index < -0.39 is 0 Å². The van der Waals surface area contributed by atoms with Gasteiger partial charge in [-0.25, -0.2) is 0 Å². The van der Waals surface area contributed by atoms with Gasteiger partial charge in [-0.05, 0) is 43.7 Å². The van der Waals surface area contributed by atoms with Crippen LogP contribution in [-0.2, 0) is 6.54 Å². The predicted molar refractivity (Wildman–Crippen MR) is 92.5 cm³/mol. The molecule has 3 rings (SSSR count). The Balaban J connectivity index is 1.57. The molecule has 0 unspecified atom stereocenters. The highest BCUT2D eigenvalue weighted by Gasteiger charge is 2.22. The van der Waals surface area contributed by atoms with Gasteiger partial charge in [-0.15, -0.1) is 11.3 Å². The number of benzene rings is 1. The topological polar surface area (TPSA) is 39.1 Å². The van der Waals surface area contributed by atoms with E-state index in [0.29, 0.717) is 16.6 Å². The lowest BCUT2D eigenvalue weighted by molar-refractivity contribution is 0.331. The molecule has 1 saturated heterocycles. The van der Waals surface area contributed by atoms with Crippen molar-refractivity contribution >= 4 is 28.6 Å². The second-order valence-corrected chi connectivity index (χ2v) is 7.46. The first-order chi connectivity index (χ1) is 10.6. The van der Waals surface area contributed by atoms with Crippen LogP contribution < -0.4 is 5.32 Å². The van der Waals surface area contributed by atoms with Gasteiger partial charge in [0.1, 0.15) is 6.07 Å². The highest BCUT2D eigenvalue weighted by Crippen LogP contribution is 2.24. The largest absolute Gasteiger partial charge is 0.381 e. The number of hydrogen-bond acceptors (Lipinski definition) is 4. The number of hydrogen-bond donors (Lipinski definition) is 1. The minimum atomic E-state index is 0.435. The van der Waals surface area contributed by atoms with Crippen molar-refractivity contribution in [3.63, 3.8) is 0 Å². The summed E-state index contributed by atoms with van der Waals surface area (Å²) >= 11 is 7.96. The van der Waals surface area contributed by atoms with Crippen LogP contribution in [0, 0.1) is 18.3 Å². The molecule has 114 valence electrons. The number of rotatable bonds is 4. The van der Waals surface area contributed by atoms with Crippen molar-refractivity contribution in [1.29, 1.82) is 5.26 Å². The molecule has 0 radical (unpaired) electrons. The summed E-state index contributed by atoms with van der Waals surface area (Å²) in [5, 5.41) is 12.9. The zero-order valence-corrected chi connectivity index (χ0v) is 14.0. The van der Waals surface area contributed by atoms with E-state index in [1.807, 2.05) is 23.5 Å². The van der Waals surface area contributed by atoms with Crippen LogP contribution in [0.25, 0.3) is 0 Å². The van der Waals surface area contributed by atoms with Crippen LogP contribution in [-0.4, -0.2) is 24.0 Å². The van der Waals surface area contributed by atoms with Gasteiger partial charge in [0, 0.05) is 41.1 Å². The minimum absolute atomic E-state index is 0.435. The maximum atomic E-state index is 8.91. The molecule has 0 bridgehead atoms. The highest BCUT2D eigenvalue weighted by atomic mass is 35.5. The molecule has 5 heteroatoms. The Bertz CT molecular complexity index is 704. The van der Waals surface area contributed by atoms with Gasteiger partial charge in [0.15, 0.2) is 0 Å². The number of halogens is 1. The molecule has 0 aliphatic carbocycles. The molecule has 2 heterocycles. The Hall–Kier alpha value is -1.54. The van der Waals surface area contributed by atoms with Gasteiger partial charge in [-0.1, -0.05) is 11.6 Å². The first kappa shape index (κ1) is 15.4. The second-order valence-electron chi connectivity index (χ2n) is 5.68. The number of likely N-dealkylation sites (tertiary alicyclic amines) is 1. The monoisotopic (exact) mass is 331 g/mol. The molecule has 0 saturated carbocycles. The van der Waals surface area contributed by atoms with Crippen LogP contribution in [0.2, 0.25) is 5.02 Å². The Morgan fingerprint density at radius 1 is 1.41 bits per heavy atom. The molecule has 1 fully saturated rings. The van der Waals surface area contributed by atoms with E-state index in [4.69, 9.17) is 16.9 Å². The number of anilines is 1. The molecule has 1 aromatic heterocycles. The maximum Gasteiger partial charge on any atom is 0.101 e. The van der Waals surface area contributed by atoms with E-state index in [-0.39, 0.29) is 0 Å². The second kappa shape index (κ2) is 6.70. The standard InChI is InChI=1S/C17H18ClN3S/c1-12-2-5-16(22-12)11-21-7-6-15(10-21)20-14-4-3-13(9-19)17(18)8-14/h2-5,8,15,20H,6-7,10-11H2,1H3/t15-/m0/s1. The summed E-state index contributed by atoms with van der Waals surface area (Å²) < 4.78 is 0. The van der Waals surface area contributed by atoms with Crippen LogP contribution >= 0.6 is 22.9 Å². The van der Waals surface area contributed by atoms with Crippen molar-refractivity contribution in [2.75, 3.05) is 18.4 Å². The zero-order valence-electron chi connectivity index (χ0n) is 12.5. The molecule has 1 aliphatic heterocycles. The average molecular weight is 332 g/mol. The minimum Gasteiger partial charge on any atom is -0.381 e. The van der Waals surface area contributed by atoms with E-state index in [9.17, 15) is 0 Å². The Morgan fingerprint density at radius 2 is 2.27 bits per heavy atom. The first-order valence-corrected chi connectivity index (χ1v) is 8.57. The van der Waals surface area contributed by atoms with E-state index in [1.165, 1.54) is 9.75 Å². The molecule has 3 nitrogen and oxygen atoms in total. The van der Waals surface area contributed by atoms with Gasteiger partial charge in [0.25, 0.3) is 0 Å². The normalized spacial score (nSPS) is 18.3.